The summed E-state index contributed by atoms with van der Waals surface area (Å²) in [6.07, 6.45) is 1.17. The van der Waals surface area contributed by atoms with Gasteiger partial charge in [-0.15, -0.1) is 0 Å². The molecule has 0 aliphatic carbocycles. The maximum absolute atomic E-state index is 12.8. The van der Waals surface area contributed by atoms with Crippen molar-refractivity contribution in [3.63, 3.8) is 0 Å². The monoisotopic (exact) mass is 446 g/mol. The normalized spacial score (nSPS) is 14.8. The van der Waals surface area contributed by atoms with Gasteiger partial charge in [0.1, 0.15) is 5.56 Å². The molecule has 4 rings (SSSR count). The summed E-state index contributed by atoms with van der Waals surface area (Å²) in [6, 6.07) is 10.8. The van der Waals surface area contributed by atoms with Crippen LogP contribution in [-0.4, -0.2) is 61.6 Å². The third-order valence-corrected chi connectivity index (χ3v) is 7.13. The fourth-order valence-electron chi connectivity index (χ4n) is 3.34. The number of carbonyl (C=O) groups excluding carboxylic acids is 1. The predicted octanol–water partition coefficient (Wildman–Crippen LogP) is 2.57. The SMILES string of the molecule is CS(=O)(=O)c1ccc2nc(N3CCN(C(=O)c4ccccc4[N+](=O)[O-])CC3)sc2c1. The van der Waals surface area contributed by atoms with Gasteiger partial charge in [-0.3, -0.25) is 14.9 Å². The van der Waals surface area contributed by atoms with Gasteiger partial charge in [-0.2, -0.15) is 0 Å². The number of nitro groups is 1. The van der Waals surface area contributed by atoms with Crippen molar-refractivity contribution in [1.29, 1.82) is 0 Å². The second-order valence-corrected chi connectivity index (χ2v) is 9.98. The molecule has 156 valence electrons. The minimum Gasteiger partial charge on any atom is -0.345 e. The molecule has 2 aromatic carbocycles. The zero-order valence-electron chi connectivity index (χ0n) is 16.0. The highest BCUT2D eigenvalue weighted by molar-refractivity contribution is 7.90. The molecule has 11 heteroatoms. The van der Waals surface area contributed by atoms with E-state index in [4.69, 9.17) is 0 Å². The van der Waals surface area contributed by atoms with Gasteiger partial charge in [0.05, 0.1) is 20.0 Å². The third kappa shape index (κ3) is 3.85. The van der Waals surface area contributed by atoms with Gasteiger partial charge in [-0.25, -0.2) is 13.4 Å². The van der Waals surface area contributed by atoms with Crippen LogP contribution in [0.3, 0.4) is 0 Å². The van der Waals surface area contributed by atoms with Crippen molar-refractivity contribution in [3.8, 4) is 0 Å². The first kappa shape index (κ1) is 20.2. The average molecular weight is 447 g/mol. The van der Waals surface area contributed by atoms with E-state index in [1.54, 1.807) is 29.2 Å². The number of hydrogen-bond donors (Lipinski definition) is 0. The number of amides is 1. The number of rotatable bonds is 4. The number of fused-ring (bicyclic) bond motifs is 1. The van der Waals surface area contributed by atoms with E-state index < -0.39 is 14.8 Å². The minimum absolute atomic E-state index is 0.0873. The number of hydrogen-bond acceptors (Lipinski definition) is 8. The van der Waals surface area contributed by atoms with Gasteiger partial charge in [0.15, 0.2) is 15.0 Å². The topological polar surface area (TPSA) is 114 Å². The Bertz CT molecular complexity index is 1250. The summed E-state index contributed by atoms with van der Waals surface area (Å²) in [5.41, 5.74) is 0.614. The van der Waals surface area contributed by atoms with Gasteiger partial charge < -0.3 is 9.80 Å². The smallest absolute Gasteiger partial charge is 0.282 e. The number of para-hydroxylation sites is 1. The van der Waals surface area contributed by atoms with Crippen LogP contribution in [0.5, 0.6) is 0 Å². The van der Waals surface area contributed by atoms with Crippen molar-refractivity contribution in [2.24, 2.45) is 0 Å². The number of anilines is 1. The lowest BCUT2D eigenvalue weighted by Gasteiger charge is -2.34. The Morgan fingerprint density at radius 3 is 2.50 bits per heavy atom. The Labute approximate surface area is 176 Å². The van der Waals surface area contributed by atoms with Gasteiger partial charge in [-0.1, -0.05) is 23.5 Å². The highest BCUT2D eigenvalue weighted by Gasteiger charge is 2.28. The van der Waals surface area contributed by atoms with Crippen molar-refractivity contribution >= 4 is 48.1 Å². The van der Waals surface area contributed by atoms with Gasteiger partial charge >= 0.3 is 0 Å². The lowest BCUT2D eigenvalue weighted by atomic mass is 10.1. The zero-order valence-corrected chi connectivity index (χ0v) is 17.6. The number of aromatic nitrogens is 1. The van der Waals surface area contributed by atoms with Crippen molar-refractivity contribution < 1.29 is 18.1 Å². The van der Waals surface area contributed by atoms with Crippen LogP contribution in [0.15, 0.2) is 47.4 Å². The Balaban J connectivity index is 1.50. The molecular weight excluding hydrogens is 428 g/mol. The fourth-order valence-corrected chi connectivity index (χ4v) is 5.12. The van der Waals surface area contributed by atoms with Gasteiger partial charge in [0.2, 0.25) is 0 Å². The molecule has 2 heterocycles. The van der Waals surface area contributed by atoms with Crippen LogP contribution < -0.4 is 4.90 Å². The van der Waals surface area contributed by atoms with Gasteiger partial charge in [-0.05, 0) is 24.3 Å². The second kappa shape index (κ2) is 7.65. The molecule has 1 aliphatic heterocycles. The van der Waals surface area contributed by atoms with E-state index in [9.17, 15) is 23.3 Å². The molecule has 0 saturated carbocycles. The number of thiazole rings is 1. The molecule has 1 saturated heterocycles. The molecule has 0 atom stereocenters. The van der Waals surface area contributed by atoms with Crippen LogP contribution in [0.25, 0.3) is 10.2 Å². The van der Waals surface area contributed by atoms with E-state index in [0.29, 0.717) is 26.2 Å². The first-order valence-corrected chi connectivity index (χ1v) is 11.8. The standard InChI is InChI=1S/C19H18N4O5S2/c1-30(27,28)13-6-7-15-17(12-13)29-19(20-15)22-10-8-21(9-11-22)18(24)14-4-2-3-5-16(14)23(25)26/h2-7,12H,8-11H2,1H3. The van der Waals surface area contributed by atoms with E-state index in [0.717, 1.165) is 15.3 Å². The highest BCUT2D eigenvalue weighted by Crippen LogP contribution is 2.31. The van der Waals surface area contributed by atoms with Crippen molar-refractivity contribution in [2.75, 3.05) is 37.3 Å². The summed E-state index contributed by atoms with van der Waals surface area (Å²) in [4.78, 5) is 31.9. The lowest BCUT2D eigenvalue weighted by molar-refractivity contribution is -0.385. The molecule has 1 aromatic heterocycles. The molecule has 30 heavy (non-hydrogen) atoms. The van der Waals surface area contributed by atoms with E-state index in [1.807, 2.05) is 4.90 Å². The number of nitro benzene ring substituents is 1. The second-order valence-electron chi connectivity index (χ2n) is 6.95. The average Bonchev–Trinajstić information content (AvgIpc) is 3.16. The van der Waals surface area contributed by atoms with E-state index in [-0.39, 0.29) is 22.1 Å². The molecule has 3 aromatic rings. The summed E-state index contributed by atoms with van der Waals surface area (Å²) in [6.45, 7) is 1.89. The van der Waals surface area contributed by atoms with Gasteiger partial charge in [0.25, 0.3) is 11.6 Å². The van der Waals surface area contributed by atoms with Crippen molar-refractivity contribution in [3.05, 3.63) is 58.1 Å². The Morgan fingerprint density at radius 2 is 1.83 bits per heavy atom. The zero-order chi connectivity index (χ0) is 21.5. The first-order chi connectivity index (χ1) is 14.2. The van der Waals surface area contributed by atoms with Crippen LogP contribution in [0.4, 0.5) is 10.8 Å². The highest BCUT2D eigenvalue weighted by atomic mass is 32.2. The van der Waals surface area contributed by atoms with Gasteiger partial charge in [0, 0.05) is 38.5 Å². The lowest BCUT2D eigenvalue weighted by Crippen LogP contribution is -2.48. The van der Waals surface area contributed by atoms with Crippen LogP contribution in [0.2, 0.25) is 0 Å². The van der Waals surface area contributed by atoms with E-state index >= 15 is 0 Å². The van der Waals surface area contributed by atoms with Crippen molar-refractivity contribution in [2.45, 2.75) is 4.90 Å². The molecule has 1 aliphatic rings. The molecule has 0 radical (unpaired) electrons. The summed E-state index contributed by atoms with van der Waals surface area (Å²) >= 11 is 1.40. The van der Waals surface area contributed by atoms with Crippen LogP contribution >= 0.6 is 11.3 Å². The van der Waals surface area contributed by atoms with Crippen LogP contribution in [-0.2, 0) is 9.84 Å². The molecule has 1 fully saturated rings. The molecule has 0 unspecified atom stereocenters. The van der Waals surface area contributed by atoms with Crippen molar-refractivity contribution in [1.82, 2.24) is 9.88 Å². The number of nitrogens with zero attached hydrogens (tertiary/aromatic N) is 4. The Morgan fingerprint density at radius 1 is 1.13 bits per heavy atom. The maximum Gasteiger partial charge on any atom is 0.282 e. The predicted molar refractivity (Wildman–Crippen MR) is 114 cm³/mol. The maximum atomic E-state index is 12.8. The number of benzene rings is 2. The first-order valence-electron chi connectivity index (χ1n) is 9.12. The summed E-state index contributed by atoms with van der Waals surface area (Å²) in [5, 5.41) is 12.0. The summed E-state index contributed by atoms with van der Waals surface area (Å²) in [5.74, 6) is -0.357. The van der Waals surface area contributed by atoms with E-state index in [1.165, 1.54) is 35.8 Å². The summed E-state index contributed by atoms with van der Waals surface area (Å²) in [7, 11) is -3.29. The molecule has 0 bridgehead atoms. The fraction of sp³-hybridized carbons (Fsp3) is 0.263. The molecular formula is C19H18N4O5S2. The Kier molecular flexibility index (Phi) is 5.16. The Hall–Kier alpha value is -3.05. The van der Waals surface area contributed by atoms with Crippen LogP contribution in [0, 0.1) is 10.1 Å². The third-order valence-electron chi connectivity index (χ3n) is 4.95. The molecule has 1 amide bonds. The number of carbonyl (C=O) groups is 1. The molecule has 9 nitrogen and oxygen atoms in total. The number of sulfone groups is 1. The van der Waals surface area contributed by atoms with Crippen LogP contribution in [0.1, 0.15) is 10.4 Å². The number of piperazine rings is 1. The van der Waals surface area contributed by atoms with E-state index in [2.05, 4.69) is 4.98 Å². The summed E-state index contributed by atoms with van der Waals surface area (Å²) < 4.78 is 24.3. The minimum atomic E-state index is -3.29. The quantitative estimate of drug-likeness (QED) is 0.447. The largest absolute Gasteiger partial charge is 0.345 e. The molecule has 0 N–H and O–H groups in total. The molecule has 0 spiro atoms.